The van der Waals surface area contributed by atoms with E-state index < -0.39 is 0 Å². The molecule has 2 N–H and O–H groups in total. The van der Waals surface area contributed by atoms with Crippen molar-refractivity contribution in [3.63, 3.8) is 0 Å². The van der Waals surface area contributed by atoms with Gasteiger partial charge in [-0.25, -0.2) is 4.39 Å². The van der Waals surface area contributed by atoms with Gasteiger partial charge in [-0.05, 0) is 37.1 Å². The molecule has 1 saturated heterocycles. The van der Waals surface area contributed by atoms with E-state index in [9.17, 15) is 4.39 Å². The van der Waals surface area contributed by atoms with Crippen molar-refractivity contribution in [3.8, 4) is 0 Å². The lowest BCUT2D eigenvalue weighted by Gasteiger charge is -2.39. The van der Waals surface area contributed by atoms with E-state index in [4.69, 9.17) is 10.5 Å². The first-order valence-electron chi connectivity index (χ1n) is 6.43. The number of ether oxygens (including phenoxy) is 1. The monoisotopic (exact) mass is 252 g/mol. The van der Waals surface area contributed by atoms with Gasteiger partial charge in [-0.15, -0.1) is 0 Å². The van der Waals surface area contributed by atoms with Gasteiger partial charge in [0.15, 0.2) is 0 Å². The van der Waals surface area contributed by atoms with Crippen LogP contribution in [0.1, 0.15) is 24.1 Å². The van der Waals surface area contributed by atoms with Crippen molar-refractivity contribution in [1.29, 1.82) is 0 Å². The minimum atomic E-state index is -0.199. The lowest BCUT2D eigenvalue weighted by molar-refractivity contribution is -0.0211. The fourth-order valence-electron chi connectivity index (χ4n) is 2.61. The third-order valence-corrected chi connectivity index (χ3v) is 3.64. The van der Waals surface area contributed by atoms with Crippen molar-refractivity contribution in [1.82, 2.24) is 4.90 Å². The van der Waals surface area contributed by atoms with Gasteiger partial charge >= 0.3 is 0 Å². The van der Waals surface area contributed by atoms with Crippen LogP contribution in [0, 0.1) is 12.7 Å². The maximum absolute atomic E-state index is 13.4. The Morgan fingerprint density at radius 1 is 1.56 bits per heavy atom. The predicted octanol–water partition coefficient (Wildman–Crippen LogP) is 1.85. The minimum Gasteiger partial charge on any atom is -0.379 e. The molecule has 0 aromatic heterocycles. The maximum atomic E-state index is 13.4. The molecule has 0 amide bonds. The van der Waals surface area contributed by atoms with E-state index >= 15 is 0 Å². The molecule has 18 heavy (non-hydrogen) atoms. The number of benzene rings is 1. The molecule has 2 atom stereocenters. The number of nitrogens with two attached hydrogens (primary N) is 1. The summed E-state index contributed by atoms with van der Waals surface area (Å²) < 4.78 is 18.9. The average molecular weight is 252 g/mol. The Bertz CT molecular complexity index is 411. The third kappa shape index (κ3) is 2.71. The molecule has 1 aromatic rings. The third-order valence-electron chi connectivity index (χ3n) is 3.64. The van der Waals surface area contributed by atoms with Gasteiger partial charge in [-0.2, -0.15) is 0 Å². The van der Waals surface area contributed by atoms with Gasteiger partial charge in [0.1, 0.15) is 5.82 Å². The summed E-state index contributed by atoms with van der Waals surface area (Å²) in [5.74, 6) is -0.199. The van der Waals surface area contributed by atoms with E-state index in [1.165, 1.54) is 6.07 Å². The molecule has 1 fully saturated rings. The van der Waals surface area contributed by atoms with Crippen molar-refractivity contribution in [2.45, 2.75) is 25.9 Å². The highest BCUT2D eigenvalue weighted by molar-refractivity contribution is 5.30. The summed E-state index contributed by atoms with van der Waals surface area (Å²) in [6.45, 7) is 6.90. The molecule has 3 nitrogen and oxygen atoms in total. The second-order valence-corrected chi connectivity index (χ2v) is 4.91. The van der Waals surface area contributed by atoms with Gasteiger partial charge in [-0.1, -0.05) is 6.07 Å². The van der Waals surface area contributed by atoms with Crippen LogP contribution >= 0.6 is 0 Å². The highest BCUT2D eigenvalue weighted by Crippen LogP contribution is 2.27. The Morgan fingerprint density at radius 2 is 2.33 bits per heavy atom. The Balaban J connectivity index is 2.29. The van der Waals surface area contributed by atoms with Crippen molar-refractivity contribution in [2.75, 3.05) is 26.3 Å². The number of rotatable bonds is 3. The molecule has 2 rings (SSSR count). The fraction of sp³-hybridized carbons (Fsp3) is 0.571. The van der Waals surface area contributed by atoms with Crippen LogP contribution in [-0.2, 0) is 4.74 Å². The van der Waals surface area contributed by atoms with Crippen LogP contribution < -0.4 is 5.73 Å². The zero-order valence-electron chi connectivity index (χ0n) is 11.0. The molecule has 1 aliphatic rings. The first kappa shape index (κ1) is 13.5. The molecule has 0 radical (unpaired) electrons. The molecule has 100 valence electrons. The number of halogens is 1. The second kappa shape index (κ2) is 5.78. The highest BCUT2D eigenvalue weighted by Gasteiger charge is 2.27. The quantitative estimate of drug-likeness (QED) is 0.892. The number of morpholine rings is 1. The van der Waals surface area contributed by atoms with Crippen LogP contribution in [0.5, 0.6) is 0 Å². The first-order chi connectivity index (χ1) is 8.63. The van der Waals surface area contributed by atoms with Crippen LogP contribution in [0.2, 0.25) is 0 Å². The van der Waals surface area contributed by atoms with E-state index in [0.29, 0.717) is 19.2 Å². The summed E-state index contributed by atoms with van der Waals surface area (Å²) in [6.07, 6.45) is 0. The van der Waals surface area contributed by atoms with E-state index in [1.54, 1.807) is 6.07 Å². The topological polar surface area (TPSA) is 38.5 Å². The van der Waals surface area contributed by atoms with Crippen LogP contribution in [0.15, 0.2) is 18.2 Å². The summed E-state index contributed by atoms with van der Waals surface area (Å²) in [5.41, 5.74) is 7.99. The lowest BCUT2D eigenvalue weighted by Crippen LogP contribution is -2.47. The number of aryl methyl sites for hydroxylation is 1. The van der Waals surface area contributed by atoms with Crippen LogP contribution in [-0.4, -0.2) is 37.2 Å². The van der Waals surface area contributed by atoms with Gasteiger partial charge in [0.25, 0.3) is 0 Å². The Hall–Kier alpha value is -0.970. The van der Waals surface area contributed by atoms with Crippen molar-refractivity contribution in [2.24, 2.45) is 5.73 Å². The zero-order chi connectivity index (χ0) is 13.1. The van der Waals surface area contributed by atoms with Crippen molar-refractivity contribution in [3.05, 3.63) is 35.1 Å². The predicted molar refractivity (Wildman–Crippen MR) is 69.9 cm³/mol. The molecule has 0 saturated carbocycles. The fourth-order valence-corrected chi connectivity index (χ4v) is 2.61. The first-order valence-corrected chi connectivity index (χ1v) is 6.43. The van der Waals surface area contributed by atoms with Gasteiger partial charge in [0, 0.05) is 25.2 Å². The van der Waals surface area contributed by atoms with Gasteiger partial charge in [0.05, 0.1) is 13.2 Å². The molecule has 4 heteroatoms. The minimum absolute atomic E-state index is 0.0691. The summed E-state index contributed by atoms with van der Waals surface area (Å²) in [4.78, 5) is 2.31. The number of hydrogen-bond acceptors (Lipinski definition) is 3. The van der Waals surface area contributed by atoms with Gasteiger partial charge in [-0.3, -0.25) is 4.90 Å². The van der Waals surface area contributed by atoms with Gasteiger partial charge < -0.3 is 10.5 Å². The molecular formula is C14H21FN2O. The van der Waals surface area contributed by atoms with E-state index in [0.717, 1.165) is 24.3 Å². The normalized spacial score (nSPS) is 23.0. The maximum Gasteiger partial charge on any atom is 0.123 e. The summed E-state index contributed by atoms with van der Waals surface area (Å²) in [5, 5.41) is 0. The molecule has 1 aromatic carbocycles. The van der Waals surface area contributed by atoms with E-state index in [1.807, 2.05) is 13.0 Å². The standard InChI is InChI=1S/C14H21FN2O/c1-10-3-4-12(15)7-13(10)14(8-16)17-5-6-18-9-11(17)2/h3-4,7,11,14H,5-6,8-9,16H2,1-2H3. The Kier molecular flexibility index (Phi) is 4.32. The highest BCUT2D eigenvalue weighted by atomic mass is 19.1. The molecule has 1 heterocycles. The molecule has 2 unspecified atom stereocenters. The van der Waals surface area contributed by atoms with Crippen molar-refractivity contribution >= 4 is 0 Å². The van der Waals surface area contributed by atoms with E-state index in [2.05, 4.69) is 11.8 Å². The molecule has 0 bridgehead atoms. The SMILES string of the molecule is Cc1ccc(F)cc1C(CN)N1CCOCC1C. The summed E-state index contributed by atoms with van der Waals surface area (Å²) in [6, 6.07) is 5.30. The number of nitrogens with zero attached hydrogens (tertiary/aromatic N) is 1. The molecular weight excluding hydrogens is 231 g/mol. The smallest absolute Gasteiger partial charge is 0.123 e. The van der Waals surface area contributed by atoms with Crippen LogP contribution in [0.25, 0.3) is 0 Å². The van der Waals surface area contributed by atoms with Gasteiger partial charge in [0.2, 0.25) is 0 Å². The van der Waals surface area contributed by atoms with Crippen LogP contribution in [0.3, 0.4) is 0 Å². The van der Waals surface area contributed by atoms with E-state index in [-0.39, 0.29) is 11.9 Å². The average Bonchev–Trinajstić information content (AvgIpc) is 2.36. The molecule has 1 aliphatic heterocycles. The molecule has 0 spiro atoms. The summed E-state index contributed by atoms with van der Waals surface area (Å²) in [7, 11) is 0. The van der Waals surface area contributed by atoms with Crippen LogP contribution in [0.4, 0.5) is 4.39 Å². The molecule has 0 aliphatic carbocycles. The lowest BCUT2D eigenvalue weighted by atomic mass is 9.98. The Labute approximate surface area is 108 Å². The second-order valence-electron chi connectivity index (χ2n) is 4.91. The van der Waals surface area contributed by atoms with Crippen molar-refractivity contribution < 1.29 is 9.13 Å². The Morgan fingerprint density at radius 3 is 3.00 bits per heavy atom. The largest absolute Gasteiger partial charge is 0.379 e. The summed E-state index contributed by atoms with van der Waals surface area (Å²) >= 11 is 0. The zero-order valence-corrected chi connectivity index (χ0v) is 11.0. The number of hydrogen-bond donors (Lipinski definition) is 1.